The molecule has 200 valence electrons. The Morgan fingerprint density at radius 1 is 0.892 bits per heavy atom. The molecule has 9 heteroatoms. The van der Waals surface area contributed by atoms with Crippen LogP contribution in [0.3, 0.4) is 0 Å². The largest absolute Gasteiger partial charge is 0.480 e. The van der Waals surface area contributed by atoms with Gasteiger partial charge in [-0.05, 0) is 48.9 Å². The van der Waals surface area contributed by atoms with Crippen molar-refractivity contribution in [2.45, 2.75) is 63.2 Å². The number of nitrogens with one attached hydrogen (secondary N) is 2. The van der Waals surface area contributed by atoms with E-state index >= 15 is 0 Å². The topological polar surface area (TPSA) is 139 Å². The molecule has 0 saturated carbocycles. The number of aliphatic hydroxyl groups is 1. The van der Waals surface area contributed by atoms with Crippen LogP contribution in [0.4, 0.5) is 0 Å². The lowest BCUT2D eigenvalue weighted by atomic mass is 9.92. The van der Waals surface area contributed by atoms with E-state index in [1.807, 2.05) is 54.6 Å². The fraction of sp³-hybridized carbons (Fsp3) is 0.464. The van der Waals surface area contributed by atoms with Crippen molar-refractivity contribution in [1.82, 2.24) is 15.5 Å². The zero-order valence-corrected chi connectivity index (χ0v) is 21.0. The minimum atomic E-state index is -1.08. The summed E-state index contributed by atoms with van der Waals surface area (Å²) in [4.78, 5) is 39.4. The number of carboxylic acids is 2. The van der Waals surface area contributed by atoms with E-state index in [4.69, 9.17) is 5.11 Å². The first-order valence-electron chi connectivity index (χ1n) is 12.8. The average Bonchev–Trinajstić information content (AvgIpc) is 2.91. The second-order valence-electron chi connectivity index (χ2n) is 9.40. The second kappa shape index (κ2) is 14.5. The van der Waals surface area contributed by atoms with Crippen molar-refractivity contribution in [3.8, 4) is 0 Å². The fourth-order valence-electron chi connectivity index (χ4n) is 4.73. The van der Waals surface area contributed by atoms with Crippen LogP contribution in [0, 0.1) is 0 Å². The van der Waals surface area contributed by atoms with Crippen LogP contribution >= 0.6 is 0 Å². The van der Waals surface area contributed by atoms with Crippen LogP contribution in [0.1, 0.15) is 42.4 Å². The maximum atomic E-state index is 13.8. The molecule has 9 nitrogen and oxygen atoms in total. The summed E-state index contributed by atoms with van der Waals surface area (Å²) >= 11 is 0. The molecule has 3 atom stereocenters. The molecule has 0 aliphatic carbocycles. The Bertz CT molecular complexity index is 1030. The number of aryl methyl sites for hydroxylation is 1. The van der Waals surface area contributed by atoms with Crippen LogP contribution in [0.15, 0.2) is 54.6 Å². The maximum absolute atomic E-state index is 13.8. The SMILES string of the molecule is O=C(O)C(CCc1ccccc1)N[C@@H](CCCCNCCO)C(=O)N1Cc2ccccc2CC1C(=O)O. The molecule has 3 rings (SSSR count). The molecule has 1 aliphatic heterocycles. The number of carbonyl (C=O) groups is 3. The fourth-order valence-corrected chi connectivity index (χ4v) is 4.73. The first-order valence-corrected chi connectivity index (χ1v) is 12.8. The van der Waals surface area contributed by atoms with Crippen molar-refractivity contribution in [2.24, 2.45) is 0 Å². The number of amides is 1. The third-order valence-electron chi connectivity index (χ3n) is 6.76. The van der Waals surface area contributed by atoms with E-state index in [1.165, 1.54) is 4.90 Å². The van der Waals surface area contributed by atoms with Gasteiger partial charge in [0.2, 0.25) is 5.91 Å². The number of unbranched alkanes of at least 4 members (excludes halogenated alkanes) is 1. The lowest BCUT2D eigenvalue weighted by Gasteiger charge is -2.37. The highest BCUT2D eigenvalue weighted by molar-refractivity contribution is 5.88. The molecule has 1 heterocycles. The number of benzene rings is 2. The zero-order valence-electron chi connectivity index (χ0n) is 21.0. The number of hydrogen-bond acceptors (Lipinski definition) is 6. The molecular formula is C28H37N3O6. The van der Waals surface area contributed by atoms with Gasteiger partial charge < -0.3 is 25.5 Å². The highest BCUT2D eigenvalue weighted by Gasteiger charge is 2.38. The summed E-state index contributed by atoms with van der Waals surface area (Å²) in [5.74, 6) is -2.51. The van der Waals surface area contributed by atoms with Crippen LogP contribution in [0.2, 0.25) is 0 Å². The van der Waals surface area contributed by atoms with Crippen LogP contribution < -0.4 is 10.6 Å². The van der Waals surface area contributed by atoms with Crippen molar-refractivity contribution in [3.63, 3.8) is 0 Å². The maximum Gasteiger partial charge on any atom is 0.326 e. The molecule has 37 heavy (non-hydrogen) atoms. The molecule has 5 N–H and O–H groups in total. The van der Waals surface area contributed by atoms with Gasteiger partial charge in [0.25, 0.3) is 0 Å². The monoisotopic (exact) mass is 511 g/mol. The Morgan fingerprint density at radius 2 is 1.59 bits per heavy atom. The summed E-state index contributed by atoms with van der Waals surface area (Å²) in [6.07, 6.45) is 2.79. The second-order valence-corrected chi connectivity index (χ2v) is 9.40. The molecule has 2 aromatic carbocycles. The summed E-state index contributed by atoms with van der Waals surface area (Å²) in [7, 11) is 0. The van der Waals surface area contributed by atoms with Gasteiger partial charge in [0.15, 0.2) is 0 Å². The third kappa shape index (κ3) is 8.38. The number of aliphatic carboxylic acids is 2. The average molecular weight is 512 g/mol. The predicted molar refractivity (Wildman–Crippen MR) is 139 cm³/mol. The van der Waals surface area contributed by atoms with Gasteiger partial charge in [0.1, 0.15) is 12.1 Å². The van der Waals surface area contributed by atoms with Crippen molar-refractivity contribution >= 4 is 17.8 Å². The first kappa shape index (κ1) is 28.3. The van der Waals surface area contributed by atoms with Gasteiger partial charge in [-0.1, -0.05) is 61.0 Å². The number of fused-ring (bicyclic) bond motifs is 1. The van der Waals surface area contributed by atoms with Gasteiger partial charge in [0, 0.05) is 19.5 Å². The Kier molecular flexibility index (Phi) is 11.1. The van der Waals surface area contributed by atoms with E-state index in [1.54, 1.807) is 0 Å². The molecule has 1 aliphatic rings. The van der Waals surface area contributed by atoms with Gasteiger partial charge in [-0.2, -0.15) is 0 Å². The Hall–Kier alpha value is -3.27. The first-order chi connectivity index (χ1) is 17.9. The van der Waals surface area contributed by atoms with Crippen molar-refractivity contribution < 1.29 is 29.7 Å². The van der Waals surface area contributed by atoms with Crippen LogP contribution in [-0.2, 0) is 33.8 Å². The van der Waals surface area contributed by atoms with Crippen LogP contribution in [0.5, 0.6) is 0 Å². The Morgan fingerprint density at radius 3 is 2.27 bits per heavy atom. The van der Waals surface area contributed by atoms with E-state index in [0.29, 0.717) is 38.8 Å². The normalized spacial score (nSPS) is 16.6. The minimum absolute atomic E-state index is 0.0391. The minimum Gasteiger partial charge on any atom is -0.480 e. The van der Waals surface area contributed by atoms with E-state index in [9.17, 15) is 24.6 Å². The third-order valence-corrected chi connectivity index (χ3v) is 6.76. The molecular weight excluding hydrogens is 474 g/mol. The predicted octanol–water partition coefficient (Wildman–Crippen LogP) is 1.82. The zero-order chi connectivity index (χ0) is 26.6. The van der Waals surface area contributed by atoms with Gasteiger partial charge >= 0.3 is 11.9 Å². The quantitative estimate of drug-likeness (QED) is 0.228. The van der Waals surface area contributed by atoms with Gasteiger partial charge in [-0.25, -0.2) is 4.79 Å². The van der Waals surface area contributed by atoms with E-state index < -0.39 is 36.0 Å². The van der Waals surface area contributed by atoms with Gasteiger partial charge in [-0.3, -0.25) is 14.9 Å². The lowest BCUT2D eigenvalue weighted by molar-refractivity contribution is -0.153. The number of hydrogen-bond donors (Lipinski definition) is 5. The van der Waals surface area contributed by atoms with Crippen molar-refractivity contribution in [3.05, 3.63) is 71.3 Å². The molecule has 2 unspecified atom stereocenters. The molecule has 0 aromatic heterocycles. The Labute approximate surface area is 217 Å². The number of carboxylic acid groups (broad SMARTS) is 2. The van der Waals surface area contributed by atoms with E-state index in [-0.39, 0.29) is 19.6 Å². The number of rotatable bonds is 15. The number of carbonyl (C=O) groups excluding carboxylic acids is 1. The molecule has 2 aromatic rings. The molecule has 0 saturated heterocycles. The molecule has 1 amide bonds. The summed E-state index contributed by atoms with van der Waals surface area (Å²) in [6.45, 7) is 1.35. The summed E-state index contributed by atoms with van der Waals surface area (Å²) in [5.41, 5.74) is 2.82. The van der Waals surface area contributed by atoms with Crippen LogP contribution in [0.25, 0.3) is 0 Å². The Balaban J connectivity index is 1.76. The molecule has 0 radical (unpaired) electrons. The summed E-state index contributed by atoms with van der Waals surface area (Å²) in [5, 5.41) is 34.9. The van der Waals surface area contributed by atoms with Gasteiger partial charge in [0.05, 0.1) is 12.6 Å². The molecule has 0 spiro atoms. The number of nitrogens with zero attached hydrogens (tertiary/aromatic N) is 1. The van der Waals surface area contributed by atoms with Crippen LogP contribution in [-0.4, -0.2) is 75.9 Å². The lowest BCUT2D eigenvalue weighted by Crippen LogP contribution is -2.57. The summed E-state index contributed by atoms with van der Waals surface area (Å²) < 4.78 is 0. The highest BCUT2D eigenvalue weighted by Crippen LogP contribution is 2.25. The smallest absolute Gasteiger partial charge is 0.326 e. The standard InChI is InChI=1S/C28H37N3O6/c32-17-16-29-15-7-6-12-23(30-24(27(34)35)14-13-20-8-2-1-3-9-20)26(33)31-19-22-11-5-4-10-21(22)18-25(31)28(36)37/h1-5,8-11,23-25,29-30,32H,6-7,12-19H2,(H,34,35)(H,36,37)/t23-,24?,25?/m0/s1. The van der Waals surface area contributed by atoms with E-state index in [0.717, 1.165) is 23.1 Å². The molecule has 0 fully saturated rings. The van der Waals surface area contributed by atoms with Gasteiger partial charge in [-0.15, -0.1) is 0 Å². The van der Waals surface area contributed by atoms with E-state index in [2.05, 4.69) is 10.6 Å². The van der Waals surface area contributed by atoms with Crippen molar-refractivity contribution in [2.75, 3.05) is 19.7 Å². The van der Waals surface area contributed by atoms with Crippen molar-refractivity contribution in [1.29, 1.82) is 0 Å². The highest BCUT2D eigenvalue weighted by atomic mass is 16.4. The molecule has 0 bridgehead atoms. The summed E-state index contributed by atoms with van der Waals surface area (Å²) in [6, 6.07) is 14.3. The number of aliphatic hydroxyl groups excluding tert-OH is 1.